The molecule has 0 atom stereocenters. The van der Waals surface area contributed by atoms with E-state index in [2.05, 4.69) is 46.4 Å². The lowest BCUT2D eigenvalue weighted by Gasteiger charge is -2.05. The van der Waals surface area contributed by atoms with Gasteiger partial charge in [-0.1, -0.05) is 36.0 Å². The monoisotopic (exact) mass is 333 g/mol. The Kier molecular flexibility index (Phi) is 3.96. The molecule has 0 aliphatic rings. The van der Waals surface area contributed by atoms with Gasteiger partial charge in [0.2, 0.25) is 0 Å². The molecule has 3 aromatic heterocycles. The highest BCUT2D eigenvalue weighted by atomic mass is 32.2. The molecule has 4 rings (SSSR count). The number of benzene rings is 1. The van der Waals surface area contributed by atoms with E-state index in [0.29, 0.717) is 0 Å². The minimum Gasteiger partial charge on any atom is -0.265 e. The molecule has 1 aromatic carbocycles. The number of thioether (sulfide) groups is 1. The zero-order valence-corrected chi connectivity index (χ0v) is 13.9. The highest BCUT2D eigenvalue weighted by Crippen LogP contribution is 2.24. The summed E-state index contributed by atoms with van der Waals surface area (Å²) in [5.41, 5.74) is 4.31. The lowest BCUT2D eigenvalue weighted by Crippen LogP contribution is -1.97. The molecule has 6 heteroatoms. The number of pyridine rings is 1. The van der Waals surface area contributed by atoms with Gasteiger partial charge in [0.15, 0.2) is 11.5 Å². The third-order valence-corrected chi connectivity index (χ3v) is 4.78. The van der Waals surface area contributed by atoms with Gasteiger partial charge in [-0.15, -0.1) is 10.2 Å². The molecule has 5 nitrogen and oxygen atoms in total. The van der Waals surface area contributed by atoms with Crippen LogP contribution < -0.4 is 0 Å². The molecule has 3 heterocycles. The van der Waals surface area contributed by atoms with Crippen molar-refractivity contribution < 1.29 is 0 Å². The Morgan fingerprint density at radius 2 is 1.79 bits per heavy atom. The Balaban J connectivity index is 1.64. The molecule has 0 unspecified atom stereocenters. The highest BCUT2D eigenvalue weighted by Gasteiger charge is 2.10. The van der Waals surface area contributed by atoms with E-state index in [-0.39, 0.29) is 0 Å². The Morgan fingerprint density at radius 1 is 0.958 bits per heavy atom. The van der Waals surface area contributed by atoms with Gasteiger partial charge in [-0.3, -0.25) is 4.98 Å². The lowest BCUT2D eigenvalue weighted by atomic mass is 10.1. The average molecular weight is 333 g/mol. The number of fused-ring (bicyclic) bond motifs is 1. The van der Waals surface area contributed by atoms with Crippen molar-refractivity contribution in [2.75, 3.05) is 0 Å². The van der Waals surface area contributed by atoms with Crippen LogP contribution in [0.1, 0.15) is 11.1 Å². The van der Waals surface area contributed by atoms with E-state index in [1.54, 1.807) is 28.7 Å². The average Bonchev–Trinajstić information content (AvgIpc) is 3.05. The normalized spacial score (nSPS) is 11.0. The summed E-state index contributed by atoms with van der Waals surface area (Å²) in [6.07, 6.45) is 3.49. The summed E-state index contributed by atoms with van der Waals surface area (Å²) in [5, 5.41) is 14.1. The molecule has 24 heavy (non-hydrogen) atoms. The summed E-state index contributed by atoms with van der Waals surface area (Å²) in [4.78, 5) is 4.04. The smallest absolute Gasteiger partial charge is 0.185 e. The maximum atomic E-state index is 4.69. The number of nitrogens with zero attached hydrogens (tertiary/aromatic N) is 5. The van der Waals surface area contributed by atoms with Crippen molar-refractivity contribution in [1.82, 2.24) is 24.8 Å². The fraction of sp³-hybridized carbons (Fsp3) is 0.111. The van der Waals surface area contributed by atoms with Crippen LogP contribution in [0.3, 0.4) is 0 Å². The van der Waals surface area contributed by atoms with Crippen LogP contribution in [-0.2, 0) is 5.75 Å². The summed E-state index contributed by atoms with van der Waals surface area (Å²) < 4.78 is 1.79. The predicted molar refractivity (Wildman–Crippen MR) is 94.8 cm³/mol. The van der Waals surface area contributed by atoms with Crippen molar-refractivity contribution in [3.05, 3.63) is 72.1 Å². The third kappa shape index (κ3) is 2.88. The van der Waals surface area contributed by atoms with Crippen LogP contribution in [0.25, 0.3) is 17.0 Å². The number of hydrogen-bond donors (Lipinski definition) is 0. The van der Waals surface area contributed by atoms with E-state index < -0.39 is 0 Å². The molecule has 0 bridgehead atoms. The van der Waals surface area contributed by atoms with Gasteiger partial charge in [-0.05, 0) is 42.3 Å². The van der Waals surface area contributed by atoms with E-state index in [4.69, 9.17) is 5.10 Å². The number of rotatable bonds is 4. The maximum Gasteiger partial charge on any atom is 0.185 e. The fourth-order valence-electron chi connectivity index (χ4n) is 2.45. The first kappa shape index (κ1) is 14.8. The summed E-state index contributed by atoms with van der Waals surface area (Å²) in [6.45, 7) is 2.13. The molecule has 0 aliphatic carbocycles. The number of aryl methyl sites for hydroxylation is 1. The molecular formula is C18H15N5S. The Hall–Kier alpha value is -2.73. The molecule has 0 aliphatic heterocycles. The van der Waals surface area contributed by atoms with Gasteiger partial charge in [-0.2, -0.15) is 9.61 Å². The Morgan fingerprint density at radius 3 is 2.62 bits per heavy atom. The molecule has 118 valence electrons. The van der Waals surface area contributed by atoms with Gasteiger partial charge in [-0.25, -0.2) is 0 Å². The van der Waals surface area contributed by atoms with Crippen LogP contribution in [0.2, 0.25) is 0 Å². The first-order valence-electron chi connectivity index (χ1n) is 7.61. The van der Waals surface area contributed by atoms with Gasteiger partial charge in [0.05, 0.1) is 0 Å². The quantitative estimate of drug-likeness (QED) is 0.532. The largest absolute Gasteiger partial charge is 0.265 e. The second-order valence-electron chi connectivity index (χ2n) is 5.42. The lowest BCUT2D eigenvalue weighted by molar-refractivity contribution is 0.860. The fourth-order valence-corrected chi connectivity index (χ4v) is 3.38. The van der Waals surface area contributed by atoms with Gasteiger partial charge < -0.3 is 0 Å². The van der Waals surface area contributed by atoms with Gasteiger partial charge in [0, 0.05) is 23.7 Å². The number of hydrogen-bond acceptors (Lipinski definition) is 5. The summed E-state index contributed by atoms with van der Waals surface area (Å²) in [5.74, 6) is 1.61. The molecular weight excluding hydrogens is 318 g/mol. The first-order chi connectivity index (χ1) is 11.8. The zero-order chi connectivity index (χ0) is 16.4. The summed E-state index contributed by atoms with van der Waals surface area (Å²) in [7, 11) is 0. The van der Waals surface area contributed by atoms with Crippen molar-refractivity contribution in [3.63, 3.8) is 0 Å². The summed E-state index contributed by atoms with van der Waals surface area (Å²) >= 11 is 1.71. The van der Waals surface area contributed by atoms with Crippen LogP contribution in [0.15, 0.2) is 66.0 Å². The SMILES string of the molecule is Cc1ccccc1CSc1ccc2nnc(-c3ccncc3)n2n1. The third-order valence-electron chi connectivity index (χ3n) is 3.81. The molecule has 0 radical (unpaired) electrons. The van der Waals surface area contributed by atoms with Gasteiger partial charge in [0.1, 0.15) is 5.03 Å². The van der Waals surface area contributed by atoms with Crippen molar-refractivity contribution in [2.24, 2.45) is 0 Å². The Bertz CT molecular complexity index is 981. The second-order valence-corrected chi connectivity index (χ2v) is 6.41. The zero-order valence-electron chi connectivity index (χ0n) is 13.1. The van der Waals surface area contributed by atoms with Crippen molar-refractivity contribution >= 4 is 17.4 Å². The Labute approximate surface area is 143 Å². The molecule has 0 saturated heterocycles. The minimum absolute atomic E-state index is 0.728. The van der Waals surface area contributed by atoms with E-state index in [9.17, 15) is 0 Å². The van der Waals surface area contributed by atoms with Crippen LogP contribution in [0.5, 0.6) is 0 Å². The van der Waals surface area contributed by atoms with Crippen molar-refractivity contribution in [2.45, 2.75) is 17.7 Å². The molecule has 0 fully saturated rings. The van der Waals surface area contributed by atoms with E-state index in [1.807, 2.05) is 24.3 Å². The topological polar surface area (TPSA) is 56.0 Å². The minimum atomic E-state index is 0.728. The molecule has 0 saturated carbocycles. The van der Waals surface area contributed by atoms with E-state index in [1.165, 1.54) is 11.1 Å². The van der Waals surface area contributed by atoms with Crippen LogP contribution in [0.4, 0.5) is 0 Å². The van der Waals surface area contributed by atoms with Crippen LogP contribution in [-0.4, -0.2) is 24.8 Å². The van der Waals surface area contributed by atoms with E-state index >= 15 is 0 Å². The van der Waals surface area contributed by atoms with Crippen molar-refractivity contribution in [1.29, 1.82) is 0 Å². The van der Waals surface area contributed by atoms with Crippen LogP contribution >= 0.6 is 11.8 Å². The van der Waals surface area contributed by atoms with Gasteiger partial charge >= 0.3 is 0 Å². The number of aromatic nitrogens is 5. The molecule has 4 aromatic rings. The highest BCUT2D eigenvalue weighted by molar-refractivity contribution is 7.98. The maximum absolute atomic E-state index is 4.69. The van der Waals surface area contributed by atoms with E-state index in [0.717, 1.165) is 27.8 Å². The standard InChI is InChI=1S/C18H15N5S/c1-13-4-2-3-5-15(13)12-24-17-7-6-16-20-21-18(23(16)22-17)14-8-10-19-11-9-14/h2-11H,12H2,1H3. The first-order valence-corrected chi connectivity index (χ1v) is 8.60. The summed E-state index contributed by atoms with van der Waals surface area (Å²) in [6, 6.07) is 16.2. The van der Waals surface area contributed by atoms with Gasteiger partial charge in [0.25, 0.3) is 0 Å². The molecule has 0 N–H and O–H groups in total. The van der Waals surface area contributed by atoms with Crippen molar-refractivity contribution in [3.8, 4) is 11.4 Å². The predicted octanol–water partition coefficient (Wildman–Crippen LogP) is 3.79. The molecule has 0 spiro atoms. The second kappa shape index (κ2) is 6.41. The molecule has 0 amide bonds. The van der Waals surface area contributed by atoms with Crippen LogP contribution in [0, 0.1) is 6.92 Å².